The molecule has 160 valence electrons. The molecule has 0 amide bonds. The number of halogens is 1. The lowest BCUT2D eigenvalue weighted by molar-refractivity contribution is -0.111. The van der Waals surface area contributed by atoms with Gasteiger partial charge in [0.1, 0.15) is 25.6 Å². The number of carbonyl (C=O) groups excluding carboxylic acids is 1. The highest BCUT2D eigenvalue weighted by Gasteiger charge is 2.34. The van der Waals surface area contributed by atoms with Crippen molar-refractivity contribution in [2.45, 2.75) is 39.4 Å². The van der Waals surface area contributed by atoms with Crippen molar-refractivity contribution in [3.05, 3.63) is 52.5 Å². The Morgan fingerprint density at radius 3 is 2.70 bits per heavy atom. The number of aldehydes is 1. The summed E-state index contributed by atoms with van der Waals surface area (Å²) < 4.78 is 18.3. The summed E-state index contributed by atoms with van der Waals surface area (Å²) in [5.74, 6) is 1.42. The summed E-state index contributed by atoms with van der Waals surface area (Å²) in [6.07, 6.45) is 0.595. The van der Waals surface area contributed by atoms with Gasteiger partial charge in [-0.15, -0.1) is 0 Å². The molecular formula is C24H28ClNO4. The minimum Gasteiger partial charge on any atom is -0.486 e. The summed E-state index contributed by atoms with van der Waals surface area (Å²) in [6, 6.07) is 11.8. The summed E-state index contributed by atoms with van der Waals surface area (Å²) in [5.41, 5.74) is 3.01. The fraction of sp³-hybridized carbons (Fsp3) is 0.458. The zero-order valence-corrected chi connectivity index (χ0v) is 18.4. The number of ether oxygens (including phenoxy) is 3. The second-order valence-corrected chi connectivity index (χ2v) is 9.49. The van der Waals surface area contributed by atoms with Gasteiger partial charge >= 0.3 is 0 Å². The first kappa shape index (κ1) is 21.0. The Kier molecular flexibility index (Phi) is 5.94. The Labute approximate surface area is 182 Å². The molecule has 2 aromatic rings. The molecule has 2 aliphatic rings. The molecule has 2 atom stereocenters. The topological polar surface area (TPSA) is 48.0 Å². The molecule has 2 aromatic carbocycles. The van der Waals surface area contributed by atoms with Crippen LogP contribution in [0.3, 0.4) is 0 Å². The van der Waals surface area contributed by atoms with Gasteiger partial charge in [0.2, 0.25) is 0 Å². The third kappa shape index (κ3) is 4.42. The normalized spacial score (nSPS) is 21.0. The largest absolute Gasteiger partial charge is 0.486 e. The van der Waals surface area contributed by atoms with Crippen molar-refractivity contribution in [3.63, 3.8) is 0 Å². The van der Waals surface area contributed by atoms with Gasteiger partial charge in [0, 0.05) is 41.3 Å². The lowest BCUT2D eigenvalue weighted by Crippen LogP contribution is -2.38. The summed E-state index contributed by atoms with van der Waals surface area (Å²) >= 11 is 6.42. The Hall–Kier alpha value is -2.24. The molecule has 5 nitrogen and oxygen atoms in total. The molecule has 0 spiro atoms. The summed E-state index contributed by atoms with van der Waals surface area (Å²) in [6.45, 7) is 9.11. The molecule has 0 aromatic heterocycles. The highest BCUT2D eigenvalue weighted by Crippen LogP contribution is 2.46. The van der Waals surface area contributed by atoms with Crippen molar-refractivity contribution in [2.24, 2.45) is 5.41 Å². The van der Waals surface area contributed by atoms with Gasteiger partial charge in [0.15, 0.2) is 11.5 Å². The zero-order chi connectivity index (χ0) is 21.3. The minimum absolute atomic E-state index is 0.0747. The Morgan fingerprint density at radius 2 is 1.93 bits per heavy atom. The van der Waals surface area contributed by atoms with E-state index in [0.717, 1.165) is 29.6 Å². The number of anilines is 1. The SMILES string of the molecule is CC(C)(C)CN1C[C@H](CC=O)O[C@@H](c2cccc3c2OCCO3)c2cc(Cl)ccc21. The molecule has 0 N–H and O–H groups in total. The fourth-order valence-corrected chi connectivity index (χ4v) is 4.36. The third-order valence-electron chi connectivity index (χ3n) is 5.27. The minimum atomic E-state index is -0.412. The van der Waals surface area contributed by atoms with Crippen LogP contribution in [0.25, 0.3) is 0 Å². The van der Waals surface area contributed by atoms with Gasteiger partial charge in [-0.3, -0.25) is 0 Å². The average Bonchev–Trinajstić information content (AvgIpc) is 2.83. The molecule has 2 heterocycles. The first-order chi connectivity index (χ1) is 14.4. The van der Waals surface area contributed by atoms with Gasteiger partial charge in [-0.25, -0.2) is 0 Å². The Bertz CT molecular complexity index is 924. The van der Waals surface area contributed by atoms with Crippen molar-refractivity contribution >= 4 is 23.6 Å². The number of hydrogen-bond acceptors (Lipinski definition) is 5. The summed E-state index contributed by atoms with van der Waals surface area (Å²) in [7, 11) is 0. The zero-order valence-electron chi connectivity index (χ0n) is 17.7. The number of nitrogens with zero attached hydrogens (tertiary/aromatic N) is 1. The van der Waals surface area contributed by atoms with Crippen LogP contribution in [0.15, 0.2) is 36.4 Å². The molecule has 0 aliphatic carbocycles. The highest BCUT2D eigenvalue weighted by atomic mass is 35.5. The van der Waals surface area contributed by atoms with E-state index < -0.39 is 6.10 Å². The van der Waals surface area contributed by atoms with E-state index in [1.807, 2.05) is 30.3 Å². The monoisotopic (exact) mass is 429 g/mol. The average molecular weight is 430 g/mol. The molecule has 0 saturated carbocycles. The number of carbonyl (C=O) groups is 1. The van der Waals surface area contributed by atoms with E-state index >= 15 is 0 Å². The molecule has 0 bridgehead atoms. The van der Waals surface area contributed by atoms with Crippen LogP contribution in [0.2, 0.25) is 5.02 Å². The first-order valence-electron chi connectivity index (χ1n) is 10.4. The Morgan fingerprint density at radius 1 is 1.13 bits per heavy atom. The number of hydrogen-bond donors (Lipinski definition) is 0. The van der Waals surface area contributed by atoms with Gasteiger partial charge in [0.05, 0.1) is 6.10 Å². The number of rotatable bonds is 4. The highest BCUT2D eigenvalue weighted by molar-refractivity contribution is 6.30. The second-order valence-electron chi connectivity index (χ2n) is 9.06. The van der Waals surface area contributed by atoms with E-state index in [2.05, 4.69) is 31.7 Å². The van der Waals surface area contributed by atoms with E-state index in [1.165, 1.54) is 0 Å². The standard InChI is InChI=1S/C24H28ClNO4/c1-24(2,3)15-26-14-17(9-10-27)30-22(19-13-16(25)7-8-20(19)26)18-5-4-6-21-23(18)29-12-11-28-21/h4-8,10,13,17,22H,9,11-12,14-15H2,1-3H3/t17-,22-/m0/s1. The van der Waals surface area contributed by atoms with Crippen LogP contribution in [0.4, 0.5) is 5.69 Å². The van der Waals surface area contributed by atoms with Gasteiger partial charge in [0.25, 0.3) is 0 Å². The first-order valence-corrected chi connectivity index (χ1v) is 10.8. The van der Waals surface area contributed by atoms with E-state index in [0.29, 0.717) is 42.7 Å². The van der Waals surface area contributed by atoms with Gasteiger partial charge < -0.3 is 23.9 Å². The lowest BCUT2D eigenvalue weighted by atomic mass is 9.94. The van der Waals surface area contributed by atoms with Crippen LogP contribution >= 0.6 is 11.6 Å². The van der Waals surface area contributed by atoms with Crippen molar-refractivity contribution in [1.29, 1.82) is 0 Å². The molecule has 4 rings (SSSR count). The van der Waals surface area contributed by atoms with E-state index in [-0.39, 0.29) is 11.5 Å². The van der Waals surface area contributed by atoms with Crippen LogP contribution < -0.4 is 14.4 Å². The number of para-hydroxylation sites is 1. The third-order valence-corrected chi connectivity index (χ3v) is 5.50. The van der Waals surface area contributed by atoms with Gasteiger partial charge in [-0.1, -0.05) is 44.5 Å². The maximum atomic E-state index is 11.4. The molecule has 0 saturated heterocycles. The smallest absolute Gasteiger partial charge is 0.167 e. The van der Waals surface area contributed by atoms with E-state index in [9.17, 15) is 4.79 Å². The van der Waals surface area contributed by atoms with Crippen molar-refractivity contribution in [2.75, 3.05) is 31.2 Å². The van der Waals surface area contributed by atoms with Crippen LogP contribution in [0.1, 0.15) is 44.4 Å². The van der Waals surface area contributed by atoms with E-state index in [4.69, 9.17) is 25.8 Å². The molecular weight excluding hydrogens is 402 g/mol. The van der Waals surface area contributed by atoms with Gasteiger partial charge in [-0.2, -0.15) is 0 Å². The maximum absolute atomic E-state index is 11.4. The number of benzene rings is 2. The van der Waals surface area contributed by atoms with Crippen molar-refractivity contribution < 1.29 is 19.0 Å². The van der Waals surface area contributed by atoms with Crippen LogP contribution in [-0.4, -0.2) is 38.7 Å². The number of fused-ring (bicyclic) bond motifs is 2. The van der Waals surface area contributed by atoms with Crippen LogP contribution in [0, 0.1) is 5.41 Å². The lowest BCUT2D eigenvalue weighted by Gasteiger charge is -2.33. The van der Waals surface area contributed by atoms with Crippen LogP contribution in [-0.2, 0) is 9.53 Å². The molecule has 0 fully saturated rings. The quantitative estimate of drug-likeness (QED) is 0.637. The maximum Gasteiger partial charge on any atom is 0.167 e. The molecule has 2 aliphatic heterocycles. The van der Waals surface area contributed by atoms with Crippen molar-refractivity contribution in [3.8, 4) is 11.5 Å². The van der Waals surface area contributed by atoms with Crippen molar-refractivity contribution in [1.82, 2.24) is 0 Å². The molecule has 0 radical (unpaired) electrons. The predicted octanol–water partition coefficient (Wildman–Crippen LogP) is 5.04. The molecule has 6 heteroatoms. The second kappa shape index (κ2) is 8.48. The van der Waals surface area contributed by atoms with Crippen LogP contribution in [0.5, 0.6) is 11.5 Å². The Balaban J connectivity index is 1.85. The summed E-state index contributed by atoms with van der Waals surface area (Å²) in [4.78, 5) is 13.7. The predicted molar refractivity (Wildman–Crippen MR) is 118 cm³/mol. The molecule has 30 heavy (non-hydrogen) atoms. The fourth-order valence-electron chi connectivity index (χ4n) is 4.18. The van der Waals surface area contributed by atoms with Gasteiger partial charge in [-0.05, 0) is 29.7 Å². The molecule has 0 unspecified atom stereocenters. The van der Waals surface area contributed by atoms with E-state index in [1.54, 1.807) is 0 Å². The summed E-state index contributed by atoms with van der Waals surface area (Å²) in [5, 5.41) is 0.647.